The maximum Gasteiger partial charge on any atom is 0.309 e. The van der Waals surface area contributed by atoms with E-state index in [0.29, 0.717) is 24.7 Å². The first-order valence-electron chi connectivity index (χ1n) is 15.0. The minimum Gasteiger partial charge on any atom is -0.494 e. The summed E-state index contributed by atoms with van der Waals surface area (Å²) in [6, 6.07) is 13.4. The molecule has 0 aliphatic rings. The van der Waals surface area contributed by atoms with Crippen LogP contribution in [0.25, 0.3) is 0 Å². The van der Waals surface area contributed by atoms with Crippen LogP contribution in [0.2, 0.25) is 0 Å². The summed E-state index contributed by atoms with van der Waals surface area (Å²) >= 11 is 0. The van der Waals surface area contributed by atoms with Gasteiger partial charge in [-0.1, -0.05) is 31.2 Å². The number of pyridine rings is 1. The van der Waals surface area contributed by atoms with E-state index < -0.39 is 42.5 Å². The van der Waals surface area contributed by atoms with Gasteiger partial charge in [0.25, 0.3) is 0 Å². The van der Waals surface area contributed by atoms with Crippen molar-refractivity contribution in [3.8, 4) is 23.0 Å². The maximum absolute atomic E-state index is 13.5. The first kappa shape index (κ1) is 34.9. The molecule has 1 aromatic heterocycles. The van der Waals surface area contributed by atoms with Crippen molar-refractivity contribution in [1.29, 1.82) is 0 Å². The lowest BCUT2D eigenvalue weighted by atomic mass is 9.85. The van der Waals surface area contributed by atoms with Crippen molar-refractivity contribution in [3.05, 3.63) is 76.6 Å². The first-order valence-corrected chi connectivity index (χ1v) is 15.0. The van der Waals surface area contributed by atoms with E-state index in [1.807, 2.05) is 71.0 Å². The van der Waals surface area contributed by atoms with Crippen molar-refractivity contribution >= 4 is 17.7 Å². The van der Waals surface area contributed by atoms with E-state index in [0.717, 1.165) is 22.3 Å². The van der Waals surface area contributed by atoms with Crippen molar-refractivity contribution in [2.45, 2.75) is 66.9 Å². The van der Waals surface area contributed by atoms with Gasteiger partial charge < -0.3 is 28.4 Å². The summed E-state index contributed by atoms with van der Waals surface area (Å²) in [6.45, 7) is 13.0. The highest BCUT2D eigenvalue weighted by Gasteiger charge is 2.32. The summed E-state index contributed by atoms with van der Waals surface area (Å²) in [6.07, 6.45) is 0.538. The molecule has 1 heterocycles. The number of ether oxygens (including phenoxy) is 6. The summed E-state index contributed by atoms with van der Waals surface area (Å²) in [5.74, 6) is -1.16. The molecule has 3 rings (SSSR count). The monoisotopic (exact) mass is 621 g/mol. The Balaban J connectivity index is 1.90. The molecule has 0 saturated carbocycles. The Morgan fingerprint density at radius 2 is 1.40 bits per heavy atom. The minimum absolute atomic E-state index is 0.0194. The first-order chi connectivity index (χ1) is 21.5. The molecule has 0 aliphatic carbocycles. The molecule has 10 heteroatoms. The van der Waals surface area contributed by atoms with Gasteiger partial charge in [0.05, 0.1) is 32.2 Å². The number of carbonyl (C=O) groups is 3. The molecule has 0 unspecified atom stereocenters. The van der Waals surface area contributed by atoms with Crippen LogP contribution in [0, 0.1) is 19.8 Å². The van der Waals surface area contributed by atoms with Gasteiger partial charge in [-0.3, -0.25) is 14.4 Å². The number of aryl methyl sites for hydroxylation is 2. The fourth-order valence-electron chi connectivity index (χ4n) is 4.96. The maximum atomic E-state index is 13.5. The number of methoxy groups -OCH3 is 1. The van der Waals surface area contributed by atoms with E-state index in [2.05, 4.69) is 4.98 Å². The molecular weight excluding hydrogens is 578 g/mol. The van der Waals surface area contributed by atoms with Crippen molar-refractivity contribution in [1.82, 2.24) is 4.98 Å². The van der Waals surface area contributed by atoms with Crippen molar-refractivity contribution in [2.75, 3.05) is 27.1 Å². The van der Waals surface area contributed by atoms with Gasteiger partial charge in [-0.15, -0.1) is 0 Å². The van der Waals surface area contributed by atoms with Crippen LogP contribution in [-0.4, -0.2) is 55.9 Å². The third-order valence-corrected chi connectivity index (χ3v) is 7.09. The smallest absolute Gasteiger partial charge is 0.309 e. The van der Waals surface area contributed by atoms with Crippen molar-refractivity contribution < 1.29 is 42.8 Å². The largest absolute Gasteiger partial charge is 0.494 e. The van der Waals surface area contributed by atoms with E-state index in [-0.39, 0.29) is 23.6 Å². The van der Waals surface area contributed by atoms with Gasteiger partial charge in [-0.25, -0.2) is 4.98 Å². The molecule has 45 heavy (non-hydrogen) atoms. The van der Waals surface area contributed by atoms with E-state index in [1.54, 1.807) is 6.92 Å². The number of ketones is 1. The van der Waals surface area contributed by atoms with Crippen LogP contribution in [-0.2, 0) is 19.1 Å². The zero-order chi connectivity index (χ0) is 33.1. The predicted molar refractivity (Wildman–Crippen MR) is 168 cm³/mol. The van der Waals surface area contributed by atoms with E-state index in [9.17, 15) is 14.4 Å². The zero-order valence-electron chi connectivity index (χ0n) is 27.3. The van der Waals surface area contributed by atoms with Crippen LogP contribution in [0.5, 0.6) is 23.0 Å². The number of aromatic nitrogens is 1. The number of hydrogen-bond acceptors (Lipinski definition) is 10. The number of Topliss-reactive ketones (excluding diaryl/α,β-unsaturated/α-hetero) is 1. The molecule has 0 amide bonds. The summed E-state index contributed by atoms with van der Waals surface area (Å²) in [5, 5.41) is 0. The van der Waals surface area contributed by atoms with E-state index in [4.69, 9.17) is 28.4 Å². The quantitative estimate of drug-likeness (QED) is 0.101. The number of carbonyl (C=O) groups excluding carboxylic acids is 3. The fourth-order valence-corrected chi connectivity index (χ4v) is 4.96. The zero-order valence-corrected chi connectivity index (χ0v) is 27.3. The lowest BCUT2D eigenvalue weighted by Crippen LogP contribution is -2.28. The van der Waals surface area contributed by atoms with Crippen LogP contribution in [0.3, 0.4) is 0 Å². The van der Waals surface area contributed by atoms with Crippen molar-refractivity contribution in [3.63, 3.8) is 0 Å². The second kappa shape index (κ2) is 16.5. The number of nitrogens with zero attached hydrogens (tertiary/aromatic N) is 1. The highest BCUT2D eigenvalue weighted by Crippen LogP contribution is 2.41. The Morgan fingerprint density at radius 3 is 1.91 bits per heavy atom. The van der Waals surface area contributed by atoms with Gasteiger partial charge in [0.15, 0.2) is 23.0 Å². The predicted octanol–water partition coefficient (Wildman–Crippen LogP) is 6.38. The molecule has 0 saturated heterocycles. The third-order valence-electron chi connectivity index (χ3n) is 7.09. The Labute approximate surface area is 265 Å². The fraction of sp³-hybridized carbons (Fsp3) is 0.429. The Morgan fingerprint density at radius 1 is 0.822 bits per heavy atom. The van der Waals surface area contributed by atoms with Gasteiger partial charge in [-0.2, -0.15) is 0 Å². The molecule has 0 spiro atoms. The molecule has 0 radical (unpaired) electrons. The van der Waals surface area contributed by atoms with Crippen LogP contribution in [0.15, 0.2) is 48.7 Å². The molecule has 242 valence electrons. The highest BCUT2D eigenvalue weighted by atomic mass is 16.7. The average Bonchev–Trinajstić information content (AvgIpc) is 2.99. The molecule has 10 nitrogen and oxygen atoms in total. The molecule has 0 fully saturated rings. The van der Waals surface area contributed by atoms with Gasteiger partial charge in [0.2, 0.25) is 6.79 Å². The van der Waals surface area contributed by atoms with Crippen LogP contribution in [0.1, 0.15) is 79.7 Å². The van der Waals surface area contributed by atoms with Gasteiger partial charge in [-0.05, 0) is 57.9 Å². The van der Waals surface area contributed by atoms with Gasteiger partial charge in [0, 0.05) is 36.7 Å². The summed E-state index contributed by atoms with van der Waals surface area (Å²) in [4.78, 5) is 42.2. The molecule has 0 N–H and O–H groups in total. The van der Waals surface area contributed by atoms with Crippen molar-refractivity contribution in [2.24, 2.45) is 5.92 Å². The number of benzene rings is 2. The van der Waals surface area contributed by atoms with Gasteiger partial charge in [0.1, 0.15) is 17.6 Å². The molecule has 3 aromatic rings. The topological polar surface area (TPSA) is 119 Å². The summed E-state index contributed by atoms with van der Waals surface area (Å²) < 4.78 is 33.8. The SMILES string of the molecule is CCOc1cc(C)ccc1C(c1ccc(C)cc1OCC)[C@H](C)OC(=O)[C@H](C)CC(=O)c1nccc(OC)c1OCOC(C)=O. The number of esters is 2. The second-order valence-electron chi connectivity index (χ2n) is 10.7. The Bertz CT molecular complexity index is 1430. The van der Waals surface area contributed by atoms with E-state index >= 15 is 0 Å². The van der Waals surface area contributed by atoms with Crippen LogP contribution < -0.4 is 18.9 Å². The Kier molecular flexibility index (Phi) is 12.8. The lowest BCUT2D eigenvalue weighted by Gasteiger charge is -2.29. The molecule has 2 atom stereocenters. The number of rotatable bonds is 16. The lowest BCUT2D eigenvalue weighted by molar-refractivity contribution is -0.153. The Hall–Kier alpha value is -4.60. The summed E-state index contributed by atoms with van der Waals surface area (Å²) in [7, 11) is 1.41. The molecule has 2 aromatic carbocycles. The standard InChI is InChI=1S/C35H43NO9/c1-9-41-30-17-21(3)11-13-26(30)32(27-14-12-22(4)18-31(27)42-10-2)24(6)45-35(39)23(5)19-28(38)33-34(44-20-43-25(7)37)29(40-8)15-16-36-33/h11-18,23-24,32H,9-10,19-20H2,1-8H3/t23-,24+/m1/s1. The molecular formula is C35H43NO9. The van der Waals surface area contributed by atoms with E-state index in [1.165, 1.54) is 26.3 Å². The third kappa shape index (κ3) is 9.20. The summed E-state index contributed by atoms with van der Waals surface area (Å²) in [5.41, 5.74) is 3.73. The minimum atomic E-state index is -0.816. The van der Waals surface area contributed by atoms with Crippen LogP contribution >= 0.6 is 0 Å². The van der Waals surface area contributed by atoms with Gasteiger partial charge >= 0.3 is 11.9 Å². The second-order valence-corrected chi connectivity index (χ2v) is 10.7. The number of hydrogen-bond donors (Lipinski definition) is 0. The highest BCUT2D eigenvalue weighted by molar-refractivity contribution is 5.99. The normalized spacial score (nSPS) is 12.2. The average molecular weight is 622 g/mol. The molecule has 0 aliphatic heterocycles. The molecule has 0 bridgehead atoms. The van der Waals surface area contributed by atoms with Crippen LogP contribution in [0.4, 0.5) is 0 Å².